The molecule has 0 spiro atoms. The SMILES string of the molecule is CC[C@@H](C#Cc1ccc(F)cc1)c1ccccc1. The summed E-state index contributed by atoms with van der Waals surface area (Å²) in [6.45, 7) is 2.12. The summed E-state index contributed by atoms with van der Waals surface area (Å²) < 4.78 is 12.8. The number of hydrogen-bond donors (Lipinski definition) is 0. The number of hydrogen-bond acceptors (Lipinski definition) is 0. The molecule has 0 aliphatic carbocycles. The van der Waals surface area contributed by atoms with Gasteiger partial charge in [-0.1, -0.05) is 49.1 Å². The highest BCUT2D eigenvalue weighted by Gasteiger charge is 2.04. The molecule has 0 saturated carbocycles. The van der Waals surface area contributed by atoms with Crippen LogP contribution in [0.1, 0.15) is 30.4 Å². The second-order valence-electron chi connectivity index (χ2n) is 4.15. The van der Waals surface area contributed by atoms with Crippen molar-refractivity contribution in [3.63, 3.8) is 0 Å². The van der Waals surface area contributed by atoms with Crippen LogP contribution in [-0.2, 0) is 0 Å². The lowest BCUT2D eigenvalue weighted by atomic mass is 9.97. The van der Waals surface area contributed by atoms with Crippen LogP contribution in [0, 0.1) is 17.7 Å². The summed E-state index contributed by atoms with van der Waals surface area (Å²) in [5.74, 6) is 6.36. The molecule has 1 atom stereocenters. The average Bonchev–Trinajstić information content (AvgIpc) is 2.43. The highest BCUT2D eigenvalue weighted by atomic mass is 19.1. The van der Waals surface area contributed by atoms with E-state index in [0.29, 0.717) is 0 Å². The van der Waals surface area contributed by atoms with Gasteiger partial charge in [-0.15, -0.1) is 0 Å². The van der Waals surface area contributed by atoms with E-state index in [-0.39, 0.29) is 11.7 Å². The van der Waals surface area contributed by atoms with Crippen molar-refractivity contribution < 1.29 is 4.39 Å². The van der Waals surface area contributed by atoms with Crippen LogP contribution in [0.15, 0.2) is 54.6 Å². The average molecular weight is 238 g/mol. The Labute approximate surface area is 107 Å². The Morgan fingerprint density at radius 1 is 1.00 bits per heavy atom. The van der Waals surface area contributed by atoms with Crippen LogP contribution in [-0.4, -0.2) is 0 Å². The van der Waals surface area contributed by atoms with E-state index in [1.807, 2.05) is 18.2 Å². The van der Waals surface area contributed by atoms with E-state index in [2.05, 4.69) is 30.9 Å². The summed E-state index contributed by atoms with van der Waals surface area (Å²) in [5, 5.41) is 0. The first-order chi connectivity index (χ1) is 8.79. The van der Waals surface area contributed by atoms with Gasteiger partial charge in [0, 0.05) is 11.5 Å². The maximum absolute atomic E-state index is 12.8. The highest BCUT2D eigenvalue weighted by molar-refractivity contribution is 5.37. The van der Waals surface area contributed by atoms with Crippen molar-refractivity contribution in [2.24, 2.45) is 0 Å². The molecule has 0 aromatic heterocycles. The molecule has 2 aromatic rings. The quantitative estimate of drug-likeness (QED) is 0.681. The first-order valence-electron chi connectivity index (χ1n) is 6.11. The summed E-state index contributed by atoms with van der Waals surface area (Å²) in [6.07, 6.45) is 0.970. The van der Waals surface area contributed by atoms with Crippen LogP contribution in [0.25, 0.3) is 0 Å². The second kappa shape index (κ2) is 6.02. The predicted molar refractivity (Wildman–Crippen MR) is 72.8 cm³/mol. The Morgan fingerprint density at radius 2 is 1.67 bits per heavy atom. The molecule has 0 saturated heterocycles. The maximum Gasteiger partial charge on any atom is 0.123 e. The van der Waals surface area contributed by atoms with Crippen molar-refractivity contribution >= 4 is 0 Å². The number of halogens is 1. The summed E-state index contributed by atoms with van der Waals surface area (Å²) in [7, 11) is 0. The van der Waals surface area contributed by atoms with E-state index < -0.39 is 0 Å². The van der Waals surface area contributed by atoms with Crippen LogP contribution in [0.4, 0.5) is 4.39 Å². The van der Waals surface area contributed by atoms with Crippen molar-refractivity contribution in [2.75, 3.05) is 0 Å². The molecule has 0 fully saturated rings. The Hall–Kier alpha value is -2.07. The Morgan fingerprint density at radius 3 is 2.28 bits per heavy atom. The largest absolute Gasteiger partial charge is 0.207 e. The van der Waals surface area contributed by atoms with Gasteiger partial charge in [-0.2, -0.15) is 0 Å². The lowest BCUT2D eigenvalue weighted by molar-refractivity contribution is 0.627. The first-order valence-corrected chi connectivity index (χ1v) is 6.11. The minimum Gasteiger partial charge on any atom is -0.207 e. The normalized spacial score (nSPS) is 11.4. The molecule has 2 rings (SSSR count). The molecule has 0 heterocycles. The van der Waals surface area contributed by atoms with Crippen LogP contribution in [0.2, 0.25) is 0 Å². The third-order valence-electron chi connectivity index (χ3n) is 2.85. The van der Waals surface area contributed by atoms with Crippen molar-refractivity contribution in [1.29, 1.82) is 0 Å². The first kappa shape index (κ1) is 12.4. The van der Waals surface area contributed by atoms with Crippen LogP contribution in [0.5, 0.6) is 0 Å². The Kier molecular flexibility index (Phi) is 4.15. The van der Waals surface area contributed by atoms with Gasteiger partial charge >= 0.3 is 0 Å². The van der Waals surface area contributed by atoms with Crippen LogP contribution in [0.3, 0.4) is 0 Å². The van der Waals surface area contributed by atoms with Gasteiger partial charge < -0.3 is 0 Å². The van der Waals surface area contributed by atoms with Crippen molar-refractivity contribution in [3.05, 3.63) is 71.5 Å². The summed E-state index contributed by atoms with van der Waals surface area (Å²) in [5.41, 5.74) is 2.08. The van der Waals surface area contributed by atoms with Crippen LogP contribution < -0.4 is 0 Å². The van der Waals surface area contributed by atoms with Gasteiger partial charge in [0.05, 0.1) is 0 Å². The molecule has 1 heteroatoms. The van der Waals surface area contributed by atoms with Gasteiger partial charge in [-0.25, -0.2) is 4.39 Å². The molecule has 0 unspecified atom stereocenters. The van der Waals surface area contributed by atoms with E-state index in [1.165, 1.54) is 17.7 Å². The molecule has 0 N–H and O–H groups in total. The predicted octanol–water partition coefficient (Wildman–Crippen LogP) is 4.37. The fraction of sp³-hybridized carbons (Fsp3) is 0.176. The van der Waals surface area contributed by atoms with E-state index in [1.54, 1.807) is 12.1 Å². The molecule has 0 bridgehead atoms. The fourth-order valence-corrected chi connectivity index (χ4v) is 1.81. The minimum atomic E-state index is -0.226. The molecule has 0 nitrogen and oxygen atoms in total. The zero-order chi connectivity index (χ0) is 12.8. The zero-order valence-electron chi connectivity index (χ0n) is 10.4. The third-order valence-corrected chi connectivity index (χ3v) is 2.85. The van der Waals surface area contributed by atoms with Crippen LogP contribution >= 0.6 is 0 Å². The molecular weight excluding hydrogens is 223 g/mol. The molecule has 0 aliphatic heterocycles. The topological polar surface area (TPSA) is 0 Å². The molecule has 0 amide bonds. The fourth-order valence-electron chi connectivity index (χ4n) is 1.81. The molecule has 18 heavy (non-hydrogen) atoms. The number of rotatable bonds is 2. The van der Waals surface area contributed by atoms with Gasteiger partial charge in [-0.3, -0.25) is 0 Å². The molecule has 0 aliphatic rings. The second-order valence-corrected chi connectivity index (χ2v) is 4.15. The molecule has 2 aromatic carbocycles. The lowest BCUT2D eigenvalue weighted by Crippen LogP contribution is -1.93. The Bertz CT molecular complexity index is 544. The molecule has 0 radical (unpaired) electrons. The van der Waals surface area contributed by atoms with Gasteiger partial charge in [0.25, 0.3) is 0 Å². The van der Waals surface area contributed by atoms with Crippen molar-refractivity contribution in [1.82, 2.24) is 0 Å². The van der Waals surface area contributed by atoms with E-state index in [4.69, 9.17) is 0 Å². The van der Waals surface area contributed by atoms with E-state index in [9.17, 15) is 4.39 Å². The van der Waals surface area contributed by atoms with Gasteiger partial charge in [-0.05, 0) is 36.2 Å². The Balaban J connectivity index is 2.19. The lowest BCUT2D eigenvalue weighted by Gasteiger charge is -2.07. The monoisotopic (exact) mass is 238 g/mol. The zero-order valence-corrected chi connectivity index (χ0v) is 10.4. The smallest absolute Gasteiger partial charge is 0.123 e. The minimum absolute atomic E-state index is 0.226. The molecular formula is C17H15F. The van der Waals surface area contributed by atoms with Gasteiger partial charge in [0.2, 0.25) is 0 Å². The summed E-state index contributed by atoms with van der Waals surface area (Å²) >= 11 is 0. The van der Waals surface area contributed by atoms with E-state index >= 15 is 0 Å². The van der Waals surface area contributed by atoms with Crippen molar-refractivity contribution in [3.8, 4) is 11.8 Å². The van der Waals surface area contributed by atoms with Gasteiger partial charge in [0.1, 0.15) is 5.82 Å². The molecule has 90 valence electrons. The standard InChI is InChI=1S/C17H15F/c1-2-15(16-6-4-3-5-7-16)11-8-14-9-12-17(18)13-10-14/h3-7,9-10,12-13,15H,2H2,1H3/t15-/m0/s1. The summed E-state index contributed by atoms with van der Waals surface area (Å²) in [4.78, 5) is 0. The van der Waals surface area contributed by atoms with Crippen molar-refractivity contribution in [2.45, 2.75) is 19.3 Å². The number of benzene rings is 2. The highest BCUT2D eigenvalue weighted by Crippen LogP contribution is 2.18. The maximum atomic E-state index is 12.8. The third kappa shape index (κ3) is 3.21. The summed E-state index contributed by atoms with van der Waals surface area (Å²) in [6, 6.07) is 16.5. The van der Waals surface area contributed by atoms with Gasteiger partial charge in [0.15, 0.2) is 0 Å². The van der Waals surface area contributed by atoms with E-state index in [0.717, 1.165) is 12.0 Å².